The van der Waals surface area contributed by atoms with Gasteiger partial charge in [-0.05, 0) is 55.8 Å². The van der Waals surface area contributed by atoms with Crippen molar-refractivity contribution in [3.8, 4) is 0 Å². The number of anilines is 1. The summed E-state index contributed by atoms with van der Waals surface area (Å²) in [6.45, 7) is 5.89. The number of piperidine rings is 1. The first-order valence-electron chi connectivity index (χ1n) is 11.3. The van der Waals surface area contributed by atoms with Gasteiger partial charge in [0.1, 0.15) is 5.83 Å². The molecule has 2 aliphatic heterocycles. The molecule has 2 unspecified atom stereocenters. The number of fused-ring (bicyclic) bond motifs is 2. The van der Waals surface area contributed by atoms with Crippen molar-refractivity contribution in [2.75, 3.05) is 32.0 Å². The average Bonchev–Trinajstić information content (AvgIpc) is 2.76. The fourth-order valence-electron chi connectivity index (χ4n) is 4.93. The third-order valence-electron chi connectivity index (χ3n) is 6.61. The lowest BCUT2D eigenvalue weighted by Crippen LogP contribution is -2.81. The van der Waals surface area contributed by atoms with E-state index in [9.17, 15) is 14.0 Å². The Labute approximate surface area is 199 Å². The zero-order chi connectivity index (χ0) is 23.7. The molecule has 6 nitrogen and oxygen atoms in total. The summed E-state index contributed by atoms with van der Waals surface area (Å²) in [5.41, 5.74) is 3.40. The number of rotatable bonds is 6. The van der Waals surface area contributed by atoms with Gasteiger partial charge in [-0.3, -0.25) is 14.5 Å². The fraction of sp³-hybridized carbons (Fsp3) is 0.440. The zero-order valence-corrected chi connectivity index (χ0v) is 20.0. The topological polar surface area (TPSA) is 64.7 Å². The quantitative estimate of drug-likeness (QED) is 0.620. The molecule has 3 aliphatic rings. The Balaban J connectivity index is 1.41. The largest absolute Gasteiger partial charge is 0.347 e. The molecule has 33 heavy (non-hydrogen) atoms. The Morgan fingerprint density at radius 2 is 1.94 bits per heavy atom. The predicted molar refractivity (Wildman–Crippen MR) is 130 cm³/mol. The molecule has 176 valence electrons. The van der Waals surface area contributed by atoms with Gasteiger partial charge in [0.15, 0.2) is 0 Å². The molecule has 0 saturated carbocycles. The lowest BCUT2D eigenvalue weighted by molar-refractivity contribution is -0.127. The summed E-state index contributed by atoms with van der Waals surface area (Å²) < 4.78 is 13.3. The Hall–Kier alpha value is -2.48. The highest BCUT2D eigenvalue weighted by molar-refractivity contribution is 6.31. The molecule has 2 N–H and O–H groups in total. The maximum atomic E-state index is 13.3. The van der Waals surface area contributed by atoms with E-state index in [1.807, 2.05) is 19.1 Å². The third kappa shape index (κ3) is 5.37. The minimum absolute atomic E-state index is 0.0586. The van der Waals surface area contributed by atoms with Crippen LogP contribution in [0, 0.1) is 6.92 Å². The van der Waals surface area contributed by atoms with Crippen LogP contribution in [0.4, 0.5) is 10.1 Å². The number of benzene rings is 1. The summed E-state index contributed by atoms with van der Waals surface area (Å²) in [6.07, 6.45) is 7.91. The van der Waals surface area contributed by atoms with Crippen LogP contribution in [0.25, 0.3) is 6.08 Å². The standard InChI is InChI=1S/C25H30ClFN4O2/c1-15-10-18(21(11-20(15)26)28-16(2)32)6-9-24(33)29-25-22-13-30(3)14-23(25)31(22)12-17-4-7-19(27)8-5-17/h4,6-7,9-11,22-23,25H,5,8,12-14H2,1-3H3,(H,28,32)(H,29,33)/b9-6+. The van der Waals surface area contributed by atoms with Gasteiger partial charge in [0.05, 0.1) is 6.04 Å². The highest BCUT2D eigenvalue weighted by atomic mass is 35.5. The van der Waals surface area contributed by atoms with E-state index in [2.05, 4.69) is 27.5 Å². The third-order valence-corrected chi connectivity index (χ3v) is 7.02. The number of likely N-dealkylation sites (N-methyl/N-ethyl adjacent to an activating group) is 1. The second-order valence-corrected chi connectivity index (χ2v) is 9.61. The molecule has 2 fully saturated rings. The van der Waals surface area contributed by atoms with Crippen LogP contribution < -0.4 is 10.6 Å². The smallest absolute Gasteiger partial charge is 0.244 e. The first kappa shape index (κ1) is 23.7. The van der Waals surface area contributed by atoms with E-state index in [0.29, 0.717) is 17.1 Å². The van der Waals surface area contributed by atoms with Gasteiger partial charge >= 0.3 is 0 Å². The number of carbonyl (C=O) groups excluding carboxylic acids is 2. The van der Waals surface area contributed by atoms with Crippen LogP contribution in [-0.4, -0.2) is 66.4 Å². The Kier molecular flexibility index (Phi) is 7.02. The van der Waals surface area contributed by atoms with Gasteiger partial charge < -0.3 is 15.5 Å². The summed E-state index contributed by atoms with van der Waals surface area (Å²) >= 11 is 6.20. The van der Waals surface area contributed by atoms with Crippen molar-refractivity contribution in [2.45, 2.75) is 44.8 Å². The van der Waals surface area contributed by atoms with Crippen LogP contribution in [-0.2, 0) is 9.59 Å². The molecule has 8 heteroatoms. The fourth-order valence-corrected chi connectivity index (χ4v) is 5.09. The van der Waals surface area contributed by atoms with Gasteiger partial charge in [0.2, 0.25) is 11.8 Å². The van der Waals surface area contributed by atoms with E-state index in [-0.39, 0.29) is 35.8 Å². The number of nitrogens with zero attached hydrogens (tertiary/aromatic N) is 2. The SMILES string of the molecule is CC(=O)Nc1cc(Cl)c(C)cc1/C=C/C(=O)NC1C2CN(C)CC1N2CC1=CC=C(F)CC1. The minimum atomic E-state index is -0.202. The summed E-state index contributed by atoms with van der Waals surface area (Å²) in [5.74, 6) is -0.425. The van der Waals surface area contributed by atoms with Crippen LogP contribution in [0.15, 0.2) is 41.8 Å². The highest BCUT2D eigenvalue weighted by Crippen LogP contribution is 2.34. The number of hydrogen-bond acceptors (Lipinski definition) is 4. The molecule has 1 aromatic carbocycles. The normalized spacial score (nSPS) is 25.3. The van der Waals surface area contributed by atoms with E-state index >= 15 is 0 Å². The molecule has 4 rings (SSSR count). The second kappa shape index (κ2) is 9.79. The van der Waals surface area contributed by atoms with Crippen molar-refractivity contribution in [1.29, 1.82) is 0 Å². The molecule has 2 atom stereocenters. The maximum absolute atomic E-state index is 13.3. The molecule has 0 spiro atoms. The second-order valence-electron chi connectivity index (χ2n) is 9.20. The van der Waals surface area contributed by atoms with Gasteiger partial charge in [-0.1, -0.05) is 23.3 Å². The van der Waals surface area contributed by atoms with E-state index in [1.54, 1.807) is 18.2 Å². The van der Waals surface area contributed by atoms with Crippen molar-refractivity contribution in [3.63, 3.8) is 0 Å². The number of piperazine rings is 1. The number of carbonyl (C=O) groups is 2. The molecule has 2 saturated heterocycles. The average molecular weight is 473 g/mol. The van der Waals surface area contributed by atoms with Crippen LogP contribution in [0.2, 0.25) is 5.02 Å². The number of likely N-dealkylation sites (tertiary alicyclic amines) is 2. The van der Waals surface area contributed by atoms with Crippen LogP contribution >= 0.6 is 11.6 Å². The van der Waals surface area contributed by atoms with Gasteiger partial charge in [-0.25, -0.2) is 4.39 Å². The lowest BCUT2D eigenvalue weighted by atomic mass is 9.80. The Morgan fingerprint density at radius 1 is 1.21 bits per heavy atom. The number of aryl methyl sites for hydroxylation is 1. The van der Waals surface area contributed by atoms with Crippen molar-refractivity contribution >= 4 is 35.2 Å². The number of hydrogen-bond donors (Lipinski definition) is 2. The minimum Gasteiger partial charge on any atom is -0.347 e. The van der Waals surface area contributed by atoms with E-state index < -0.39 is 0 Å². The molecular formula is C25H30ClFN4O2. The molecule has 2 heterocycles. The maximum Gasteiger partial charge on any atom is 0.244 e. The van der Waals surface area contributed by atoms with Crippen molar-refractivity contribution < 1.29 is 14.0 Å². The Bertz CT molecular complexity index is 1040. The van der Waals surface area contributed by atoms with Crippen molar-refractivity contribution in [3.05, 3.63) is 57.9 Å². The lowest BCUT2D eigenvalue weighted by Gasteiger charge is -2.61. The van der Waals surface area contributed by atoms with Gasteiger partial charge in [-0.2, -0.15) is 0 Å². The molecule has 1 aromatic rings. The summed E-state index contributed by atoms with van der Waals surface area (Å²) in [6, 6.07) is 4.09. The predicted octanol–water partition coefficient (Wildman–Crippen LogP) is 3.68. The van der Waals surface area contributed by atoms with Gasteiger partial charge in [0.25, 0.3) is 0 Å². The Morgan fingerprint density at radius 3 is 2.58 bits per heavy atom. The van der Waals surface area contributed by atoms with Crippen molar-refractivity contribution in [1.82, 2.24) is 15.1 Å². The molecule has 0 radical (unpaired) electrons. The summed E-state index contributed by atoms with van der Waals surface area (Å²) in [4.78, 5) is 29.0. The summed E-state index contributed by atoms with van der Waals surface area (Å²) in [5, 5.41) is 6.49. The van der Waals surface area contributed by atoms with Crippen LogP contribution in [0.3, 0.4) is 0 Å². The number of halogens is 2. The first-order valence-corrected chi connectivity index (χ1v) is 11.6. The molecule has 1 aliphatic carbocycles. The van der Waals surface area contributed by atoms with Gasteiger partial charge in [-0.15, -0.1) is 0 Å². The highest BCUT2D eigenvalue weighted by Gasteiger charge is 2.52. The van der Waals surface area contributed by atoms with Crippen LogP contribution in [0.1, 0.15) is 30.9 Å². The number of allylic oxidation sites excluding steroid dienone is 3. The monoisotopic (exact) mass is 472 g/mol. The molecular weight excluding hydrogens is 443 g/mol. The van der Waals surface area contributed by atoms with E-state index in [4.69, 9.17) is 11.6 Å². The summed E-state index contributed by atoms with van der Waals surface area (Å²) in [7, 11) is 2.10. The first-order chi connectivity index (χ1) is 15.7. The number of amides is 2. The van der Waals surface area contributed by atoms with E-state index in [1.165, 1.54) is 18.6 Å². The van der Waals surface area contributed by atoms with E-state index in [0.717, 1.165) is 37.2 Å². The van der Waals surface area contributed by atoms with Gasteiger partial charge in [0, 0.05) is 61.8 Å². The molecule has 0 aromatic heterocycles. The van der Waals surface area contributed by atoms with Crippen molar-refractivity contribution in [2.24, 2.45) is 0 Å². The number of nitrogens with one attached hydrogen (secondary N) is 2. The zero-order valence-electron chi connectivity index (χ0n) is 19.2. The molecule has 2 bridgehead atoms. The van der Waals surface area contributed by atoms with Crippen LogP contribution in [0.5, 0.6) is 0 Å². The molecule has 2 amide bonds.